The van der Waals surface area contributed by atoms with Gasteiger partial charge >= 0.3 is 0 Å². The quantitative estimate of drug-likeness (QED) is 0.209. The Hall–Kier alpha value is -4.51. The van der Waals surface area contributed by atoms with Crippen LogP contribution < -0.4 is 4.74 Å². The van der Waals surface area contributed by atoms with Gasteiger partial charge in [0.15, 0.2) is 0 Å². The van der Waals surface area contributed by atoms with Gasteiger partial charge < -0.3 is 9.47 Å². The molecule has 2 atom stereocenters. The van der Waals surface area contributed by atoms with E-state index in [0.717, 1.165) is 35.0 Å². The van der Waals surface area contributed by atoms with E-state index in [1.165, 1.54) is 27.5 Å². The van der Waals surface area contributed by atoms with E-state index in [1.807, 2.05) is 6.07 Å². The number of rotatable bonds is 6. The molecule has 42 heavy (non-hydrogen) atoms. The van der Waals surface area contributed by atoms with E-state index >= 15 is 0 Å². The van der Waals surface area contributed by atoms with Gasteiger partial charge in [-0.3, -0.25) is 4.90 Å². The summed E-state index contributed by atoms with van der Waals surface area (Å²) in [5, 5.41) is 3.50. The second kappa shape index (κ2) is 11.1. The molecule has 1 aromatic heterocycles. The molecule has 7 rings (SSSR count). The SMILES string of the molecule is COc1nc2ccc(-c3ccccc3)cc2cc1C(c1ccccc1)[C@]1(c2cccc3ccccc23)CCN(C)CO1. The molecule has 2 heterocycles. The Morgan fingerprint density at radius 3 is 2.26 bits per heavy atom. The number of fused-ring (bicyclic) bond motifs is 2. The van der Waals surface area contributed by atoms with E-state index in [-0.39, 0.29) is 5.92 Å². The predicted molar refractivity (Wildman–Crippen MR) is 171 cm³/mol. The Labute approximate surface area is 247 Å². The molecular formula is C38H34N2O2. The largest absolute Gasteiger partial charge is 0.481 e. The first kappa shape index (κ1) is 26.4. The highest BCUT2D eigenvalue weighted by Gasteiger charge is 2.47. The van der Waals surface area contributed by atoms with Crippen LogP contribution in [0.2, 0.25) is 0 Å². The lowest BCUT2D eigenvalue weighted by Crippen LogP contribution is -2.47. The van der Waals surface area contributed by atoms with Crippen LogP contribution in [0.25, 0.3) is 32.8 Å². The standard InChI is InChI=1S/C38H34N2O2/c1-40-23-22-38(42-26-40,34-19-11-17-28-14-9-10-18-32(28)34)36(29-15-7-4-8-16-29)33-25-31-24-30(27-12-5-3-6-13-27)20-21-35(31)39-37(33)41-2/h3-21,24-25,36H,22-23,26H2,1-2H3/t36?,38-/m1/s1. The second-order valence-corrected chi connectivity index (χ2v) is 11.2. The molecule has 0 amide bonds. The van der Waals surface area contributed by atoms with Crippen molar-refractivity contribution in [2.24, 2.45) is 0 Å². The van der Waals surface area contributed by atoms with Crippen molar-refractivity contribution in [3.05, 3.63) is 144 Å². The molecular weight excluding hydrogens is 516 g/mol. The lowest BCUT2D eigenvalue weighted by Gasteiger charge is -2.47. The van der Waals surface area contributed by atoms with Crippen LogP contribution in [-0.2, 0) is 10.3 Å². The fraction of sp³-hybridized carbons (Fsp3) is 0.184. The summed E-state index contributed by atoms with van der Waals surface area (Å²) >= 11 is 0. The third-order valence-electron chi connectivity index (χ3n) is 8.67. The number of ether oxygens (including phenoxy) is 2. The average Bonchev–Trinajstić information content (AvgIpc) is 3.06. The Kier molecular flexibility index (Phi) is 6.94. The van der Waals surface area contributed by atoms with Crippen molar-refractivity contribution in [1.29, 1.82) is 0 Å². The van der Waals surface area contributed by atoms with Crippen molar-refractivity contribution in [3.8, 4) is 17.0 Å². The molecule has 4 heteroatoms. The fourth-order valence-corrected chi connectivity index (χ4v) is 6.61. The molecule has 0 N–H and O–H groups in total. The molecule has 1 fully saturated rings. The van der Waals surface area contributed by atoms with Gasteiger partial charge in [-0.25, -0.2) is 4.98 Å². The van der Waals surface area contributed by atoms with Crippen molar-refractivity contribution in [3.63, 3.8) is 0 Å². The zero-order chi connectivity index (χ0) is 28.5. The number of hydrogen-bond acceptors (Lipinski definition) is 4. The molecule has 208 valence electrons. The van der Waals surface area contributed by atoms with Crippen molar-refractivity contribution < 1.29 is 9.47 Å². The topological polar surface area (TPSA) is 34.6 Å². The molecule has 0 bridgehead atoms. The first-order valence-electron chi connectivity index (χ1n) is 14.6. The maximum absolute atomic E-state index is 7.09. The number of nitrogens with zero attached hydrogens (tertiary/aromatic N) is 2. The highest BCUT2D eigenvalue weighted by atomic mass is 16.5. The number of pyridine rings is 1. The van der Waals surface area contributed by atoms with E-state index in [2.05, 4.69) is 133 Å². The smallest absolute Gasteiger partial charge is 0.217 e. The van der Waals surface area contributed by atoms with Crippen LogP contribution in [0, 0.1) is 0 Å². The predicted octanol–water partition coefficient (Wildman–Crippen LogP) is 8.40. The molecule has 0 spiro atoms. The molecule has 4 nitrogen and oxygen atoms in total. The summed E-state index contributed by atoms with van der Waals surface area (Å²) in [5.74, 6) is 0.469. The summed E-state index contributed by atoms with van der Waals surface area (Å²) in [5.41, 5.74) is 6.01. The van der Waals surface area contributed by atoms with Crippen LogP contribution in [0.5, 0.6) is 5.88 Å². The van der Waals surface area contributed by atoms with E-state index < -0.39 is 5.60 Å². The van der Waals surface area contributed by atoms with E-state index in [4.69, 9.17) is 14.5 Å². The minimum atomic E-state index is -0.644. The molecule has 5 aromatic carbocycles. The average molecular weight is 551 g/mol. The Morgan fingerprint density at radius 1 is 0.762 bits per heavy atom. The van der Waals surface area contributed by atoms with Crippen LogP contribution in [0.15, 0.2) is 127 Å². The van der Waals surface area contributed by atoms with Crippen molar-refractivity contribution >= 4 is 21.7 Å². The summed E-state index contributed by atoms with van der Waals surface area (Å²) in [6.07, 6.45) is 0.822. The highest BCUT2D eigenvalue weighted by molar-refractivity contribution is 5.88. The number of benzene rings is 5. The number of aromatic nitrogens is 1. The molecule has 0 radical (unpaired) electrons. The molecule has 1 aliphatic heterocycles. The molecule has 1 saturated heterocycles. The maximum atomic E-state index is 7.09. The second-order valence-electron chi connectivity index (χ2n) is 11.2. The van der Waals surface area contributed by atoms with Crippen LogP contribution in [-0.4, -0.2) is 37.3 Å². The lowest BCUT2D eigenvalue weighted by molar-refractivity contribution is -0.145. The molecule has 0 aliphatic carbocycles. The third-order valence-corrected chi connectivity index (χ3v) is 8.67. The van der Waals surface area contributed by atoms with Gasteiger partial charge in [0, 0.05) is 23.4 Å². The molecule has 1 aliphatic rings. The normalized spacial score (nSPS) is 18.2. The van der Waals surface area contributed by atoms with Gasteiger partial charge in [0.1, 0.15) is 12.3 Å². The Balaban J connectivity index is 1.51. The maximum Gasteiger partial charge on any atom is 0.217 e. The summed E-state index contributed by atoms with van der Waals surface area (Å²) in [7, 11) is 3.84. The summed E-state index contributed by atoms with van der Waals surface area (Å²) in [6, 6.07) is 45.2. The fourth-order valence-electron chi connectivity index (χ4n) is 6.61. The zero-order valence-corrected chi connectivity index (χ0v) is 24.0. The summed E-state index contributed by atoms with van der Waals surface area (Å²) in [6.45, 7) is 1.45. The van der Waals surface area contributed by atoms with Crippen LogP contribution in [0.4, 0.5) is 0 Å². The van der Waals surface area contributed by atoms with E-state index in [0.29, 0.717) is 12.6 Å². The van der Waals surface area contributed by atoms with Gasteiger partial charge in [-0.05, 0) is 64.7 Å². The lowest BCUT2D eigenvalue weighted by atomic mass is 9.70. The minimum absolute atomic E-state index is 0.162. The number of hydrogen-bond donors (Lipinski definition) is 0. The third kappa shape index (κ3) is 4.63. The Morgan fingerprint density at radius 2 is 1.50 bits per heavy atom. The van der Waals surface area contributed by atoms with Gasteiger partial charge in [-0.1, -0.05) is 109 Å². The highest BCUT2D eigenvalue weighted by Crippen LogP contribution is 2.52. The van der Waals surface area contributed by atoms with E-state index in [1.54, 1.807) is 7.11 Å². The van der Waals surface area contributed by atoms with Gasteiger partial charge in [0.05, 0.1) is 12.6 Å². The number of methoxy groups -OCH3 is 1. The van der Waals surface area contributed by atoms with Gasteiger partial charge in [0.25, 0.3) is 0 Å². The monoisotopic (exact) mass is 550 g/mol. The van der Waals surface area contributed by atoms with Gasteiger partial charge in [-0.2, -0.15) is 0 Å². The van der Waals surface area contributed by atoms with Crippen LogP contribution >= 0.6 is 0 Å². The van der Waals surface area contributed by atoms with Crippen molar-refractivity contribution in [2.45, 2.75) is 17.9 Å². The minimum Gasteiger partial charge on any atom is -0.481 e. The molecule has 6 aromatic rings. The first-order chi connectivity index (χ1) is 20.7. The molecule has 1 unspecified atom stereocenters. The van der Waals surface area contributed by atoms with Crippen LogP contribution in [0.1, 0.15) is 29.0 Å². The van der Waals surface area contributed by atoms with Crippen molar-refractivity contribution in [1.82, 2.24) is 9.88 Å². The van der Waals surface area contributed by atoms with Crippen molar-refractivity contribution in [2.75, 3.05) is 27.4 Å². The Bertz CT molecular complexity index is 1840. The van der Waals surface area contributed by atoms with Gasteiger partial charge in [-0.15, -0.1) is 0 Å². The van der Waals surface area contributed by atoms with Crippen LogP contribution in [0.3, 0.4) is 0 Å². The first-order valence-corrected chi connectivity index (χ1v) is 14.6. The van der Waals surface area contributed by atoms with Gasteiger partial charge in [0.2, 0.25) is 5.88 Å². The summed E-state index contributed by atoms with van der Waals surface area (Å²) < 4.78 is 13.2. The zero-order valence-electron chi connectivity index (χ0n) is 24.0. The summed E-state index contributed by atoms with van der Waals surface area (Å²) in [4.78, 5) is 7.33. The molecule has 0 saturated carbocycles. The van der Waals surface area contributed by atoms with E-state index in [9.17, 15) is 0 Å².